The van der Waals surface area contributed by atoms with E-state index in [2.05, 4.69) is 28.4 Å². The highest BCUT2D eigenvalue weighted by atomic mass is 35.5. The summed E-state index contributed by atoms with van der Waals surface area (Å²) in [5.41, 5.74) is 11.6. The number of benzene rings is 3. The van der Waals surface area contributed by atoms with Crippen LogP contribution in [0.15, 0.2) is 60.7 Å². The Kier molecular flexibility index (Phi) is 9.48. The number of rotatable bonds is 10. The van der Waals surface area contributed by atoms with Gasteiger partial charge in [0.2, 0.25) is 0 Å². The Hall–Kier alpha value is -2.44. The number of para-hydroxylation sites is 2. The Morgan fingerprint density at radius 1 is 0.941 bits per heavy atom. The number of alkyl halides is 2. The molecular weight excluding hydrogens is 491 g/mol. The molecular formula is C26H29Cl3N4O. The predicted molar refractivity (Wildman–Crippen MR) is 149 cm³/mol. The molecule has 0 fully saturated rings. The summed E-state index contributed by atoms with van der Waals surface area (Å²) in [6, 6.07) is 20.1. The van der Waals surface area contributed by atoms with Crippen molar-refractivity contribution in [1.29, 1.82) is 0 Å². The van der Waals surface area contributed by atoms with Gasteiger partial charge in [0.25, 0.3) is 0 Å². The lowest BCUT2D eigenvalue weighted by Crippen LogP contribution is -2.32. The molecule has 1 heterocycles. The fourth-order valence-electron chi connectivity index (χ4n) is 4.03. The van der Waals surface area contributed by atoms with E-state index in [-0.39, 0.29) is 12.4 Å². The zero-order chi connectivity index (χ0) is 23.2. The van der Waals surface area contributed by atoms with E-state index in [9.17, 15) is 0 Å². The molecule has 0 unspecified atom stereocenters. The summed E-state index contributed by atoms with van der Waals surface area (Å²) in [7, 11) is 0. The molecule has 0 amide bonds. The summed E-state index contributed by atoms with van der Waals surface area (Å²) in [6.07, 6.45) is 0. The highest BCUT2D eigenvalue weighted by Crippen LogP contribution is 2.37. The summed E-state index contributed by atoms with van der Waals surface area (Å²) in [4.78, 5) is 7.14. The molecule has 34 heavy (non-hydrogen) atoms. The molecule has 0 radical (unpaired) electrons. The molecule has 0 atom stereocenters. The van der Waals surface area contributed by atoms with Crippen LogP contribution in [0.5, 0.6) is 5.75 Å². The van der Waals surface area contributed by atoms with E-state index >= 15 is 0 Å². The molecule has 3 N–H and O–H groups in total. The summed E-state index contributed by atoms with van der Waals surface area (Å²) in [5.74, 6) is 1.88. The minimum atomic E-state index is 0. The van der Waals surface area contributed by atoms with Crippen molar-refractivity contribution in [2.75, 3.05) is 49.1 Å². The van der Waals surface area contributed by atoms with Gasteiger partial charge in [-0.3, -0.25) is 4.90 Å². The number of halogens is 3. The molecule has 3 aromatic carbocycles. The third kappa shape index (κ3) is 6.16. The van der Waals surface area contributed by atoms with Gasteiger partial charge < -0.3 is 15.8 Å². The van der Waals surface area contributed by atoms with Gasteiger partial charge in [-0.15, -0.1) is 35.6 Å². The lowest BCUT2D eigenvalue weighted by atomic mass is 10.1. The quantitative estimate of drug-likeness (QED) is 0.140. The monoisotopic (exact) mass is 518 g/mol. The third-order valence-electron chi connectivity index (χ3n) is 5.51. The minimum absolute atomic E-state index is 0. The fourth-order valence-corrected chi connectivity index (χ4v) is 4.51. The minimum Gasteiger partial charge on any atom is -0.490 e. The van der Waals surface area contributed by atoms with Crippen LogP contribution in [-0.2, 0) is 0 Å². The van der Waals surface area contributed by atoms with E-state index in [1.165, 1.54) is 0 Å². The normalized spacial score (nSPS) is 11.1. The number of ether oxygens (including phenoxy) is 1. The van der Waals surface area contributed by atoms with Gasteiger partial charge in [-0.25, -0.2) is 4.98 Å². The average Bonchev–Trinajstić information content (AvgIpc) is 2.79. The molecule has 8 heteroatoms. The van der Waals surface area contributed by atoms with E-state index in [0.29, 0.717) is 18.4 Å². The van der Waals surface area contributed by atoms with Gasteiger partial charge >= 0.3 is 0 Å². The zero-order valence-electron chi connectivity index (χ0n) is 19.1. The van der Waals surface area contributed by atoms with Crippen molar-refractivity contribution in [3.8, 4) is 5.75 Å². The SMILES string of the molecule is Cc1cc(N)cc(Nc2c3ccccc3nc3c(OCCN(CCCl)CCCl)cccc23)c1.Cl. The molecule has 5 nitrogen and oxygen atoms in total. The average molecular weight is 520 g/mol. The van der Waals surface area contributed by atoms with Crippen molar-refractivity contribution in [2.45, 2.75) is 6.92 Å². The van der Waals surface area contributed by atoms with Gasteiger partial charge in [0, 0.05) is 53.5 Å². The van der Waals surface area contributed by atoms with Crippen molar-refractivity contribution in [3.63, 3.8) is 0 Å². The Bertz CT molecular complexity index is 1230. The molecule has 180 valence electrons. The third-order valence-corrected chi connectivity index (χ3v) is 5.85. The fraction of sp³-hybridized carbons (Fsp3) is 0.269. The number of fused-ring (bicyclic) bond motifs is 2. The number of anilines is 3. The van der Waals surface area contributed by atoms with Crippen molar-refractivity contribution in [1.82, 2.24) is 9.88 Å². The van der Waals surface area contributed by atoms with Crippen LogP contribution in [0.3, 0.4) is 0 Å². The van der Waals surface area contributed by atoms with Crippen LogP contribution >= 0.6 is 35.6 Å². The summed E-state index contributed by atoms with van der Waals surface area (Å²) in [5, 5.41) is 5.62. The van der Waals surface area contributed by atoms with Crippen molar-refractivity contribution < 1.29 is 4.74 Å². The van der Waals surface area contributed by atoms with Crippen LogP contribution in [0, 0.1) is 6.92 Å². The number of aromatic nitrogens is 1. The van der Waals surface area contributed by atoms with Crippen LogP contribution in [0.1, 0.15) is 5.56 Å². The van der Waals surface area contributed by atoms with E-state index < -0.39 is 0 Å². The van der Waals surface area contributed by atoms with Crippen molar-refractivity contribution in [2.24, 2.45) is 0 Å². The molecule has 4 aromatic rings. The lowest BCUT2D eigenvalue weighted by Gasteiger charge is -2.20. The van der Waals surface area contributed by atoms with Crippen LogP contribution in [0.4, 0.5) is 17.1 Å². The number of nitrogen functional groups attached to an aromatic ring is 1. The van der Waals surface area contributed by atoms with E-state index in [4.69, 9.17) is 38.7 Å². The maximum Gasteiger partial charge on any atom is 0.145 e. The van der Waals surface area contributed by atoms with E-state index in [0.717, 1.165) is 69.8 Å². The van der Waals surface area contributed by atoms with Gasteiger partial charge in [0.05, 0.1) is 11.2 Å². The first-order valence-corrected chi connectivity index (χ1v) is 12.1. The summed E-state index contributed by atoms with van der Waals surface area (Å²) in [6.45, 7) is 4.87. The number of nitrogens with two attached hydrogens (primary N) is 1. The number of hydrogen-bond donors (Lipinski definition) is 2. The number of hydrogen-bond acceptors (Lipinski definition) is 5. The van der Waals surface area contributed by atoms with Crippen LogP contribution in [-0.4, -0.2) is 47.9 Å². The van der Waals surface area contributed by atoms with Gasteiger partial charge in [-0.1, -0.05) is 30.3 Å². The topological polar surface area (TPSA) is 63.4 Å². The Balaban J connectivity index is 0.00000324. The first-order valence-electron chi connectivity index (χ1n) is 11.0. The molecule has 1 aromatic heterocycles. The molecule has 0 aliphatic rings. The van der Waals surface area contributed by atoms with E-state index in [1.54, 1.807) is 0 Å². The summed E-state index contributed by atoms with van der Waals surface area (Å²) >= 11 is 11.8. The Labute approximate surface area is 216 Å². The summed E-state index contributed by atoms with van der Waals surface area (Å²) < 4.78 is 6.20. The molecule has 0 aliphatic carbocycles. The van der Waals surface area contributed by atoms with Crippen LogP contribution < -0.4 is 15.8 Å². The number of nitrogens with one attached hydrogen (secondary N) is 1. The smallest absolute Gasteiger partial charge is 0.145 e. The van der Waals surface area contributed by atoms with Gasteiger partial charge in [-0.05, 0) is 42.8 Å². The first-order chi connectivity index (χ1) is 16.1. The standard InChI is InChI=1S/C26H28Cl2N4O.ClH/c1-18-15-19(29)17-20(16-18)30-25-21-5-2-3-7-23(21)31-26-22(25)6-4-8-24(26)33-14-13-32(11-9-27)12-10-28;/h2-8,15-17H,9-14,29H2,1H3,(H,30,31);1H. The lowest BCUT2D eigenvalue weighted by molar-refractivity contribution is 0.226. The second-order valence-corrected chi connectivity index (χ2v) is 8.74. The number of nitrogens with zero attached hydrogens (tertiary/aromatic N) is 2. The maximum absolute atomic E-state index is 6.20. The first kappa shape index (κ1) is 26.2. The number of aryl methyl sites for hydroxylation is 1. The molecule has 0 spiro atoms. The van der Waals surface area contributed by atoms with Crippen molar-refractivity contribution in [3.05, 3.63) is 66.2 Å². The van der Waals surface area contributed by atoms with Crippen molar-refractivity contribution >= 4 is 74.5 Å². The van der Waals surface area contributed by atoms with Gasteiger partial charge in [0.1, 0.15) is 17.9 Å². The maximum atomic E-state index is 6.20. The van der Waals surface area contributed by atoms with E-state index in [1.807, 2.05) is 49.4 Å². The molecule has 0 aliphatic heterocycles. The van der Waals surface area contributed by atoms with Crippen LogP contribution in [0.2, 0.25) is 0 Å². The second kappa shape index (κ2) is 12.3. The largest absolute Gasteiger partial charge is 0.490 e. The molecule has 0 bridgehead atoms. The Morgan fingerprint density at radius 2 is 1.68 bits per heavy atom. The molecule has 0 saturated heterocycles. The highest BCUT2D eigenvalue weighted by molar-refractivity contribution is 6.18. The van der Waals surface area contributed by atoms with Gasteiger partial charge in [-0.2, -0.15) is 0 Å². The van der Waals surface area contributed by atoms with Crippen LogP contribution in [0.25, 0.3) is 21.8 Å². The zero-order valence-corrected chi connectivity index (χ0v) is 21.4. The number of pyridine rings is 1. The predicted octanol–water partition coefficient (Wildman–Crippen LogP) is 6.60. The highest BCUT2D eigenvalue weighted by Gasteiger charge is 2.14. The Morgan fingerprint density at radius 3 is 2.41 bits per heavy atom. The van der Waals surface area contributed by atoms with Gasteiger partial charge in [0.15, 0.2) is 0 Å². The molecule has 4 rings (SSSR count). The molecule has 0 saturated carbocycles. The second-order valence-electron chi connectivity index (χ2n) is 7.98.